The first-order valence-electron chi connectivity index (χ1n) is 8.54. The van der Waals surface area contributed by atoms with Crippen LogP contribution < -0.4 is 0 Å². The molecule has 2 aliphatic rings. The van der Waals surface area contributed by atoms with Crippen LogP contribution in [0.25, 0.3) is 0 Å². The van der Waals surface area contributed by atoms with Crippen molar-refractivity contribution in [3.8, 4) is 0 Å². The number of hydrogen-bond acceptors (Lipinski definition) is 1. The third kappa shape index (κ3) is 4.92. The fourth-order valence-corrected chi connectivity index (χ4v) is 3.25. The minimum atomic E-state index is 0.403. The van der Waals surface area contributed by atoms with Gasteiger partial charge in [-0.05, 0) is 61.9 Å². The first-order chi connectivity index (χ1) is 9.65. The van der Waals surface area contributed by atoms with Gasteiger partial charge in [0.2, 0.25) is 0 Å². The molecule has 0 N–H and O–H groups in total. The zero-order chi connectivity index (χ0) is 14.4. The summed E-state index contributed by atoms with van der Waals surface area (Å²) in [7, 11) is 0. The molecule has 112 valence electrons. The molecule has 3 unspecified atom stereocenters. The number of hydrogen-bond donors (Lipinski definition) is 0. The van der Waals surface area contributed by atoms with Crippen LogP contribution in [0.3, 0.4) is 0 Å². The second-order valence-electron chi connectivity index (χ2n) is 7.05. The Morgan fingerprint density at radius 1 is 1.15 bits per heavy atom. The van der Waals surface area contributed by atoms with E-state index >= 15 is 0 Å². The summed E-state index contributed by atoms with van der Waals surface area (Å²) in [6, 6.07) is 0.403. The molecular weight excluding hydrogens is 242 g/mol. The molecule has 0 fully saturated rings. The van der Waals surface area contributed by atoms with E-state index in [4.69, 9.17) is 4.99 Å². The highest BCUT2D eigenvalue weighted by atomic mass is 14.8. The van der Waals surface area contributed by atoms with Crippen LogP contribution in [0.2, 0.25) is 0 Å². The molecule has 0 aliphatic heterocycles. The van der Waals surface area contributed by atoms with E-state index in [0.717, 1.165) is 17.8 Å². The number of rotatable bonds is 2. The molecule has 0 aromatic rings. The molecule has 4 atom stereocenters. The highest BCUT2D eigenvalue weighted by Gasteiger charge is 2.18. The van der Waals surface area contributed by atoms with Crippen LogP contribution in [0.1, 0.15) is 65.7 Å². The number of aliphatic imine (C=N–C) groups is 1. The molecule has 0 bridgehead atoms. The molecule has 0 heterocycles. The number of allylic oxidation sites excluding steroid dienone is 3. The Kier molecular flexibility index (Phi) is 6.06. The molecule has 0 saturated heterocycles. The maximum Gasteiger partial charge on any atom is 0.0682 e. The van der Waals surface area contributed by atoms with Gasteiger partial charge in [0.15, 0.2) is 0 Å². The Morgan fingerprint density at radius 3 is 2.85 bits per heavy atom. The zero-order valence-corrected chi connectivity index (χ0v) is 13.5. The lowest BCUT2D eigenvalue weighted by Crippen LogP contribution is -2.11. The first kappa shape index (κ1) is 15.5. The fraction of sp³-hybridized carbons (Fsp3) is 0.737. The molecule has 1 nitrogen and oxygen atoms in total. The van der Waals surface area contributed by atoms with Crippen molar-refractivity contribution in [3.63, 3.8) is 0 Å². The van der Waals surface area contributed by atoms with E-state index in [2.05, 4.69) is 45.2 Å². The summed E-state index contributed by atoms with van der Waals surface area (Å²) in [5.41, 5.74) is 1.47. The summed E-state index contributed by atoms with van der Waals surface area (Å²) in [5.74, 6) is 2.48. The van der Waals surface area contributed by atoms with Crippen LogP contribution in [0.5, 0.6) is 0 Å². The summed E-state index contributed by atoms with van der Waals surface area (Å²) in [6.07, 6.45) is 18.2. The van der Waals surface area contributed by atoms with Gasteiger partial charge in [0.05, 0.1) is 6.04 Å². The summed E-state index contributed by atoms with van der Waals surface area (Å²) >= 11 is 0. The minimum absolute atomic E-state index is 0.403. The van der Waals surface area contributed by atoms with Crippen molar-refractivity contribution < 1.29 is 0 Å². The molecule has 0 amide bonds. The Morgan fingerprint density at radius 2 is 2.00 bits per heavy atom. The van der Waals surface area contributed by atoms with E-state index in [1.165, 1.54) is 50.5 Å². The van der Waals surface area contributed by atoms with Gasteiger partial charge in [0.1, 0.15) is 0 Å². The van der Waals surface area contributed by atoms with Crippen molar-refractivity contribution in [3.05, 3.63) is 23.8 Å². The lowest BCUT2D eigenvalue weighted by atomic mass is 9.90. The van der Waals surface area contributed by atoms with Crippen LogP contribution >= 0.6 is 0 Å². The average molecular weight is 273 g/mol. The summed E-state index contributed by atoms with van der Waals surface area (Å²) in [5, 5.41) is 0. The lowest BCUT2D eigenvalue weighted by Gasteiger charge is -2.18. The van der Waals surface area contributed by atoms with Crippen LogP contribution in [-0.2, 0) is 0 Å². The largest absolute Gasteiger partial charge is 0.285 e. The molecular formula is C19H31N. The van der Waals surface area contributed by atoms with Gasteiger partial charge in [-0.2, -0.15) is 0 Å². The predicted octanol–water partition coefficient (Wildman–Crippen LogP) is 5.57. The van der Waals surface area contributed by atoms with Gasteiger partial charge in [-0.25, -0.2) is 0 Å². The van der Waals surface area contributed by atoms with Gasteiger partial charge < -0.3 is 0 Å². The van der Waals surface area contributed by atoms with Gasteiger partial charge in [0.25, 0.3) is 0 Å². The Hall–Kier alpha value is -0.850. The molecule has 2 aliphatic carbocycles. The molecule has 2 rings (SSSR count). The van der Waals surface area contributed by atoms with Gasteiger partial charge in [-0.15, -0.1) is 0 Å². The van der Waals surface area contributed by atoms with Gasteiger partial charge in [-0.3, -0.25) is 4.99 Å². The van der Waals surface area contributed by atoms with Crippen molar-refractivity contribution >= 4 is 6.21 Å². The predicted molar refractivity (Wildman–Crippen MR) is 89.3 cm³/mol. The van der Waals surface area contributed by atoms with Crippen molar-refractivity contribution in [1.29, 1.82) is 0 Å². The van der Waals surface area contributed by atoms with Crippen molar-refractivity contribution in [2.24, 2.45) is 22.7 Å². The maximum atomic E-state index is 4.86. The SMILES string of the molecule is CC1CC/C=C(/C=NC2C=CCC(C)[C@@H](C)C2)CCC1. The molecule has 1 heteroatoms. The first-order valence-corrected chi connectivity index (χ1v) is 8.54. The van der Waals surface area contributed by atoms with E-state index < -0.39 is 0 Å². The number of nitrogens with zero attached hydrogens (tertiary/aromatic N) is 1. The second-order valence-corrected chi connectivity index (χ2v) is 7.05. The van der Waals surface area contributed by atoms with Gasteiger partial charge >= 0.3 is 0 Å². The molecule has 20 heavy (non-hydrogen) atoms. The maximum absolute atomic E-state index is 4.86. The fourth-order valence-electron chi connectivity index (χ4n) is 3.25. The third-order valence-electron chi connectivity index (χ3n) is 5.11. The second kappa shape index (κ2) is 7.81. The standard InChI is InChI=1S/C19H31N/c1-15-7-4-10-18(11-5-8-15)14-20-19-12-6-9-16(2)17(3)13-19/h6,10,12,14-17,19H,4-5,7-9,11,13H2,1-3H3/b18-10+,20-14?/t15?,16?,17-,19?/m0/s1. The smallest absolute Gasteiger partial charge is 0.0682 e. The topological polar surface area (TPSA) is 12.4 Å². The summed E-state index contributed by atoms with van der Waals surface area (Å²) < 4.78 is 0. The van der Waals surface area contributed by atoms with Crippen LogP contribution in [0.15, 0.2) is 28.8 Å². The third-order valence-corrected chi connectivity index (χ3v) is 5.11. The van der Waals surface area contributed by atoms with E-state index in [1.807, 2.05) is 0 Å². The van der Waals surface area contributed by atoms with E-state index in [0.29, 0.717) is 6.04 Å². The quantitative estimate of drug-likeness (QED) is 0.460. The van der Waals surface area contributed by atoms with E-state index in [-0.39, 0.29) is 0 Å². The van der Waals surface area contributed by atoms with E-state index in [9.17, 15) is 0 Å². The van der Waals surface area contributed by atoms with Crippen LogP contribution in [0.4, 0.5) is 0 Å². The zero-order valence-electron chi connectivity index (χ0n) is 13.5. The van der Waals surface area contributed by atoms with E-state index in [1.54, 1.807) is 0 Å². The summed E-state index contributed by atoms with van der Waals surface area (Å²) in [6.45, 7) is 7.11. The van der Waals surface area contributed by atoms with Gasteiger partial charge in [-0.1, -0.05) is 45.4 Å². The highest BCUT2D eigenvalue weighted by molar-refractivity contribution is 5.78. The highest BCUT2D eigenvalue weighted by Crippen LogP contribution is 2.26. The van der Waals surface area contributed by atoms with Crippen molar-refractivity contribution in [2.45, 2.75) is 71.8 Å². The normalized spacial score (nSPS) is 38.9. The lowest BCUT2D eigenvalue weighted by molar-refractivity contribution is 0.366. The molecule has 0 aromatic heterocycles. The molecule has 0 aromatic carbocycles. The van der Waals surface area contributed by atoms with Crippen molar-refractivity contribution in [1.82, 2.24) is 0 Å². The molecule has 0 saturated carbocycles. The monoisotopic (exact) mass is 273 g/mol. The van der Waals surface area contributed by atoms with Crippen LogP contribution in [-0.4, -0.2) is 12.3 Å². The van der Waals surface area contributed by atoms with Crippen molar-refractivity contribution in [2.75, 3.05) is 0 Å². The molecule has 0 radical (unpaired) electrons. The summed E-state index contributed by atoms with van der Waals surface area (Å²) in [4.78, 5) is 4.86. The average Bonchev–Trinajstić information content (AvgIpc) is 2.55. The van der Waals surface area contributed by atoms with Crippen LogP contribution in [0, 0.1) is 17.8 Å². The minimum Gasteiger partial charge on any atom is -0.285 e. The molecule has 0 spiro atoms. The Bertz CT molecular complexity index is 377. The Labute approximate surface area is 125 Å². The Balaban J connectivity index is 1.92. The van der Waals surface area contributed by atoms with Gasteiger partial charge in [0, 0.05) is 6.21 Å².